The monoisotopic (exact) mass is 539 g/mol. The van der Waals surface area contributed by atoms with Crippen molar-refractivity contribution in [1.82, 2.24) is 25.0 Å². The SMILES string of the molecule is CCNC(=NCCc1c[nH]c2cc(F)ccc12)N1CCN(c2cnn(C)c2)C(=O)C1.I. The zero-order chi connectivity index (χ0) is 21.1. The second-order valence-corrected chi connectivity index (χ2v) is 7.33. The van der Waals surface area contributed by atoms with Gasteiger partial charge in [0, 0.05) is 56.5 Å². The van der Waals surface area contributed by atoms with Gasteiger partial charge in [0.05, 0.1) is 11.9 Å². The molecule has 0 aliphatic carbocycles. The number of benzene rings is 1. The Kier molecular flexibility index (Phi) is 7.52. The Labute approximate surface area is 197 Å². The molecule has 0 bridgehead atoms. The Bertz CT molecular complexity index is 1080. The Balaban J connectivity index is 0.00000272. The first-order valence-corrected chi connectivity index (χ1v) is 10.1. The molecule has 3 aromatic rings. The van der Waals surface area contributed by atoms with Gasteiger partial charge in [0.25, 0.3) is 0 Å². The van der Waals surface area contributed by atoms with Gasteiger partial charge in [-0.2, -0.15) is 5.10 Å². The minimum absolute atomic E-state index is 0. The number of nitrogens with one attached hydrogen (secondary N) is 2. The van der Waals surface area contributed by atoms with E-state index in [1.54, 1.807) is 21.8 Å². The van der Waals surface area contributed by atoms with Crippen molar-refractivity contribution in [1.29, 1.82) is 0 Å². The van der Waals surface area contributed by atoms with Crippen molar-refractivity contribution in [3.8, 4) is 0 Å². The molecule has 1 saturated heterocycles. The zero-order valence-corrected chi connectivity index (χ0v) is 20.0. The van der Waals surface area contributed by atoms with Crippen molar-refractivity contribution in [2.75, 3.05) is 37.6 Å². The van der Waals surface area contributed by atoms with E-state index in [9.17, 15) is 9.18 Å². The minimum Gasteiger partial charge on any atom is -0.361 e. The normalized spacial score (nSPS) is 14.8. The summed E-state index contributed by atoms with van der Waals surface area (Å²) in [6.45, 7) is 4.86. The molecule has 2 aromatic heterocycles. The number of piperazine rings is 1. The molecule has 0 saturated carbocycles. The van der Waals surface area contributed by atoms with Gasteiger partial charge in [-0.1, -0.05) is 0 Å². The van der Waals surface area contributed by atoms with E-state index in [1.807, 2.05) is 31.3 Å². The van der Waals surface area contributed by atoms with Gasteiger partial charge in [-0.05, 0) is 37.1 Å². The Morgan fingerprint density at radius 3 is 2.90 bits per heavy atom. The van der Waals surface area contributed by atoms with E-state index in [0.717, 1.165) is 41.1 Å². The Hall–Kier alpha value is -2.63. The number of nitrogens with zero attached hydrogens (tertiary/aromatic N) is 5. The first-order valence-electron chi connectivity index (χ1n) is 10.1. The van der Waals surface area contributed by atoms with E-state index in [4.69, 9.17) is 4.99 Å². The summed E-state index contributed by atoms with van der Waals surface area (Å²) in [6.07, 6.45) is 6.19. The highest BCUT2D eigenvalue weighted by atomic mass is 127. The smallest absolute Gasteiger partial charge is 0.246 e. The van der Waals surface area contributed by atoms with E-state index in [0.29, 0.717) is 19.6 Å². The van der Waals surface area contributed by atoms with Crippen LogP contribution in [0.3, 0.4) is 0 Å². The molecule has 1 aromatic carbocycles. The maximum absolute atomic E-state index is 13.4. The largest absolute Gasteiger partial charge is 0.361 e. The Morgan fingerprint density at radius 2 is 2.19 bits per heavy atom. The van der Waals surface area contributed by atoms with Crippen LogP contribution in [-0.2, 0) is 18.3 Å². The van der Waals surface area contributed by atoms with Gasteiger partial charge in [-0.15, -0.1) is 24.0 Å². The maximum Gasteiger partial charge on any atom is 0.246 e. The van der Waals surface area contributed by atoms with Crippen LogP contribution in [0.5, 0.6) is 0 Å². The molecule has 8 nitrogen and oxygen atoms in total. The van der Waals surface area contributed by atoms with E-state index in [1.165, 1.54) is 12.1 Å². The standard InChI is InChI=1S/C21H26FN7O.HI/c1-3-23-21(24-7-6-15-11-25-19-10-16(22)4-5-18(15)19)28-8-9-29(20(30)14-28)17-12-26-27(2)13-17;/h4-5,10-13,25H,3,6-9,14H2,1-2H3,(H,23,24);1H. The van der Waals surface area contributed by atoms with Gasteiger partial charge in [0.15, 0.2) is 5.96 Å². The summed E-state index contributed by atoms with van der Waals surface area (Å²) in [4.78, 5) is 24.3. The summed E-state index contributed by atoms with van der Waals surface area (Å²) in [5, 5.41) is 8.45. The molecule has 0 unspecified atom stereocenters. The van der Waals surface area contributed by atoms with E-state index in [-0.39, 0.29) is 42.2 Å². The third kappa shape index (κ3) is 5.17. The van der Waals surface area contributed by atoms with Crippen LogP contribution in [-0.4, -0.2) is 64.3 Å². The molecule has 1 aliphatic rings. The van der Waals surface area contributed by atoms with Crippen LogP contribution in [0.25, 0.3) is 10.9 Å². The van der Waals surface area contributed by atoms with E-state index in [2.05, 4.69) is 15.4 Å². The van der Waals surface area contributed by atoms with Crippen LogP contribution in [0, 0.1) is 5.82 Å². The number of carbonyl (C=O) groups is 1. The predicted molar refractivity (Wildman–Crippen MR) is 130 cm³/mol. The molecule has 1 aliphatic heterocycles. The number of hydrogen-bond donors (Lipinski definition) is 2. The first-order chi connectivity index (χ1) is 14.5. The highest BCUT2D eigenvalue weighted by Gasteiger charge is 2.27. The van der Waals surface area contributed by atoms with E-state index < -0.39 is 0 Å². The number of aryl methyl sites for hydroxylation is 1. The number of aromatic nitrogens is 3. The fourth-order valence-electron chi connectivity index (χ4n) is 3.75. The van der Waals surface area contributed by atoms with Crippen molar-refractivity contribution in [3.63, 3.8) is 0 Å². The molecule has 0 radical (unpaired) electrons. The molecule has 0 spiro atoms. The second-order valence-electron chi connectivity index (χ2n) is 7.33. The average Bonchev–Trinajstić information content (AvgIpc) is 3.33. The highest BCUT2D eigenvalue weighted by molar-refractivity contribution is 14.0. The molecule has 31 heavy (non-hydrogen) atoms. The fraction of sp³-hybridized carbons (Fsp3) is 0.381. The van der Waals surface area contributed by atoms with E-state index >= 15 is 0 Å². The molecule has 1 amide bonds. The third-order valence-corrected chi connectivity index (χ3v) is 5.23. The lowest BCUT2D eigenvalue weighted by atomic mass is 10.1. The lowest BCUT2D eigenvalue weighted by Crippen LogP contribution is -2.55. The summed E-state index contributed by atoms with van der Waals surface area (Å²) in [7, 11) is 1.84. The second kappa shape index (κ2) is 10.1. The van der Waals surface area contributed by atoms with Crippen LogP contribution >= 0.6 is 24.0 Å². The molecule has 0 atom stereocenters. The van der Waals surface area contributed by atoms with Crippen LogP contribution in [0.1, 0.15) is 12.5 Å². The summed E-state index contributed by atoms with van der Waals surface area (Å²) in [6, 6.07) is 4.77. The van der Waals surface area contributed by atoms with Gasteiger partial charge in [0.1, 0.15) is 12.4 Å². The minimum atomic E-state index is -0.251. The van der Waals surface area contributed by atoms with Gasteiger partial charge >= 0.3 is 0 Å². The highest BCUT2D eigenvalue weighted by Crippen LogP contribution is 2.20. The number of carbonyl (C=O) groups excluding carboxylic acids is 1. The molecule has 4 rings (SSSR count). The molecule has 166 valence electrons. The van der Waals surface area contributed by atoms with Crippen molar-refractivity contribution >= 4 is 52.4 Å². The molecule has 10 heteroatoms. The van der Waals surface area contributed by atoms with Crippen molar-refractivity contribution < 1.29 is 9.18 Å². The molecule has 2 N–H and O–H groups in total. The summed E-state index contributed by atoms with van der Waals surface area (Å²) < 4.78 is 15.1. The van der Waals surface area contributed by atoms with Gasteiger partial charge < -0.3 is 20.1 Å². The maximum atomic E-state index is 13.4. The number of hydrogen-bond acceptors (Lipinski definition) is 3. The molecule has 3 heterocycles. The first kappa shape index (κ1) is 23.0. The molecular formula is C21H27FIN7O. The Morgan fingerprint density at radius 1 is 1.35 bits per heavy atom. The summed E-state index contributed by atoms with van der Waals surface area (Å²) in [5.41, 5.74) is 2.71. The third-order valence-electron chi connectivity index (χ3n) is 5.23. The van der Waals surface area contributed by atoms with Gasteiger partial charge in [-0.25, -0.2) is 4.39 Å². The summed E-state index contributed by atoms with van der Waals surface area (Å²) >= 11 is 0. The number of H-pyrrole nitrogens is 1. The number of rotatable bonds is 5. The van der Waals surface area contributed by atoms with Crippen LogP contribution in [0.4, 0.5) is 10.1 Å². The number of fused-ring (bicyclic) bond motifs is 1. The summed E-state index contributed by atoms with van der Waals surface area (Å²) in [5.74, 6) is 0.513. The number of aliphatic imine (C=N–C) groups is 1. The topological polar surface area (TPSA) is 81.6 Å². The number of anilines is 1. The lowest BCUT2D eigenvalue weighted by Gasteiger charge is -2.35. The fourth-order valence-corrected chi connectivity index (χ4v) is 3.75. The van der Waals surface area contributed by atoms with Gasteiger partial charge in [0.2, 0.25) is 5.91 Å². The van der Waals surface area contributed by atoms with Crippen LogP contribution < -0.4 is 10.2 Å². The quantitative estimate of drug-likeness (QED) is 0.297. The predicted octanol–water partition coefficient (Wildman–Crippen LogP) is 2.52. The van der Waals surface area contributed by atoms with Crippen molar-refractivity contribution in [2.45, 2.75) is 13.3 Å². The van der Waals surface area contributed by atoms with Crippen LogP contribution in [0.2, 0.25) is 0 Å². The van der Waals surface area contributed by atoms with Crippen molar-refractivity contribution in [2.24, 2.45) is 12.0 Å². The zero-order valence-electron chi connectivity index (χ0n) is 17.6. The number of halogens is 2. The van der Waals surface area contributed by atoms with Crippen LogP contribution in [0.15, 0.2) is 41.8 Å². The molecular weight excluding hydrogens is 512 g/mol. The number of guanidine groups is 1. The van der Waals surface area contributed by atoms with Crippen molar-refractivity contribution in [3.05, 3.63) is 48.2 Å². The lowest BCUT2D eigenvalue weighted by molar-refractivity contribution is -0.120. The van der Waals surface area contributed by atoms with Gasteiger partial charge in [-0.3, -0.25) is 14.5 Å². The number of aromatic amines is 1. The number of amides is 1. The average molecular weight is 539 g/mol. The molecule has 1 fully saturated rings.